The van der Waals surface area contributed by atoms with Gasteiger partial charge < -0.3 is 15.6 Å². The molecule has 1 aromatic rings. The lowest BCUT2D eigenvalue weighted by molar-refractivity contribution is 0.0913. The Hall–Kier alpha value is -0.560. The Bertz CT molecular complexity index is 361. The van der Waals surface area contributed by atoms with Crippen molar-refractivity contribution in [2.75, 3.05) is 13.1 Å². The van der Waals surface area contributed by atoms with E-state index in [1.807, 2.05) is 16.8 Å². The molecule has 4 nitrogen and oxygen atoms in total. The van der Waals surface area contributed by atoms with Crippen molar-refractivity contribution in [3.63, 3.8) is 0 Å². The van der Waals surface area contributed by atoms with Crippen LogP contribution in [0.1, 0.15) is 23.0 Å². The summed E-state index contributed by atoms with van der Waals surface area (Å²) in [5.74, 6) is 0.0150. The van der Waals surface area contributed by atoms with Gasteiger partial charge in [0.05, 0.1) is 6.04 Å². The number of amides is 1. The number of rotatable bonds is 2. The number of nitrogens with one attached hydrogen (secondary N) is 1. The van der Waals surface area contributed by atoms with Crippen LogP contribution in [0.5, 0.6) is 0 Å². The second kappa shape index (κ2) is 3.90. The van der Waals surface area contributed by atoms with Gasteiger partial charge in [0.1, 0.15) is 5.69 Å². The van der Waals surface area contributed by atoms with Crippen LogP contribution in [0, 0.1) is 3.57 Å². The Morgan fingerprint density at radius 3 is 3.21 bits per heavy atom. The summed E-state index contributed by atoms with van der Waals surface area (Å²) in [4.78, 5) is 11.5. The Morgan fingerprint density at radius 1 is 1.71 bits per heavy atom. The number of halogens is 1. The lowest BCUT2D eigenvalue weighted by Gasteiger charge is -2.25. The van der Waals surface area contributed by atoms with Crippen LogP contribution < -0.4 is 11.1 Å². The molecule has 2 heterocycles. The first kappa shape index (κ1) is 9.97. The van der Waals surface area contributed by atoms with Gasteiger partial charge >= 0.3 is 0 Å². The summed E-state index contributed by atoms with van der Waals surface area (Å²) in [6, 6.07) is 2.22. The van der Waals surface area contributed by atoms with Crippen molar-refractivity contribution < 1.29 is 4.79 Å². The van der Waals surface area contributed by atoms with Crippen molar-refractivity contribution in [1.29, 1.82) is 0 Å². The van der Waals surface area contributed by atoms with Crippen LogP contribution in [0.25, 0.3) is 0 Å². The zero-order valence-corrected chi connectivity index (χ0v) is 9.82. The molecule has 2 rings (SSSR count). The predicted octanol–water partition coefficient (Wildman–Crippen LogP) is 0.726. The third-order valence-corrected chi connectivity index (χ3v) is 3.03. The zero-order chi connectivity index (χ0) is 10.1. The Morgan fingerprint density at radius 2 is 2.50 bits per heavy atom. The van der Waals surface area contributed by atoms with Crippen molar-refractivity contribution in [3.8, 4) is 0 Å². The van der Waals surface area contributed by atoms with Gasteiger partial charge in [-0.25, -0.2) is 0 Å². The quantitative estimate of drug-likeness (QED) is 0.791. The fraction of sp³-hybridized carbons (Fsp3) is 0.444. The molecule has 1 aliphatic rings. The minimum Gasteiger partial charge on any atom is -0.349 e. The van der Waals surface area contributed by atoms with E-state index in [4.69, 9.17) is 5.73 Å². The van der Waals surface area contributed by atoms with Crippen LogP contribution in [0.2, 0.25) is 0 Å². The first-order valence-electron chi connectivity index (χ1n) is 4.58. The van der Waals surface area contributed by atoms with E-state index in [-0.39, 0.29) is 5.91 Å². The van der Waals surface area contributed by atoms with Crippen LogP contribution in [-0.2, 0) is 0 Å². The van der Waals surface area contributed by atoms with E-state index in [0.29, 0.717) is 19.1 Å². The second-order valence-electron chi connectivity index (χ2n) is 3.39. The summed E-state index contributed by atoms with van der Waals surface area (Å²) in [6.45, 7) is 1.34. The Kier molecular flexibility index (Phi) is 2.78. The molecule has 0 saturated heterocycles. The summed E-state index contributed by atoms with van der Waals surface area (Å²) in [7, 11) is 0. The predicted molar refractivity (Wildman–Crippen MR) is 62.2 cm³/mol. The average Bonchev–Trinajstić information content (AvgIpc) is 2.53. The average molecular weight is 305 g/mol. The molecule has 0 radical (unpaired) electrons. The van der Waals surface area contributed by atoms with E-state index in [1.54, 1.807) is 0 Å². The van der Waals surface area contributed by atoms with Gasteiger partial charge in [-0.3, -0.25) is 4.79 Å². The maximum absolute atomic E-state index is 11.5. The van der Waals surface area contributed by atoms with E-state index in [9.17, 15) is 4.79 Å². The van der Waals surface area contributed by atoms with Gasteiger partial charge in [0.15, 0.2) is 0 Å². The molecule has 0 bridgehead atoms. The van der Waals surface area contributed by atoms with Crippen LogP contribution in [0.15, 0.2) is 12.3 Å². The largest absolute Gasteiger partial charge is 0.349 e. The number of nitrogens with zero attached hydrogens (tertiary/aromatic N) is 1. The van der Waals surface area contributed by atoms with Crippen molar-refractivity contribution in [2.24, 2.45) is 5.73 Å². The summed E-state index contributed by atoms with van der Waals surface area (Å²) in [5, 5.41) is 2.87. The van der Waals surface area contributed by atoms with Gasteiger partial charge in [-0.15, -0.1) is 0 Å². The minimum absolute atomic E-state index is 0.0150. The summed E-state index contributed by atoms with van der Waals surface area (Å²) >= 11 is 2.22. The highest BCUT2D eigenvalue weighted by Gasteiger charge is 2.24. The van der Waals surface area contributed by atoms with Crippen molar-refractivity contribution >= 4 is 28.5 Å². The van der Waals surface area contributed by atoms with Gasteiger partial charge in [0.2, 0.25) is 0 Å². The number of aromatic nitrogens is 1. The molecule has 1 aliphatic heterocycles. The number of hydrogen-bond acceptors (Lipinski definition) is 2. The van der Waals surface area contributed by atoms with E-state index < -0.39 is 0 Å². The van der Waals surface area contributed by atoms with Crippen LogP contribution in [-0.4, -0.2) is 23.6 Å². The molecule has 0 spiro atoms. The third kappa shape index (κ3) is 1.66. The molecular formula is C9H12IN3O. The molecular weight excluding hydrogens is 293 g/mol. The molecule has 1 atom stereocenters. The summed E-state index contributed by atoms with van der Waals surface area (Å²) in [5.41, 5.74) is 6.28. The molecule has 1 amide bonds. The highest BCUT2D eigenvalue weighted by Crippen LogP contribution is 2.21. The molecule has 0 aromatic carbocycles. The monoisotopic (exact) mass is 305 g/mol. The molecule has 0 aliphatic carbocycles. The maximum atomic E-state index is 11.5. The third-order valence-electron chi connectivity index (χ3n) is 2.44. The number of fused-ring (bicyclic) bond motifs is 1. The molecule has 76 valence electrons. The number of nitrogens with two attached hydrogens (primary N) is 1. The molecule has 14 heavy (non-hydrogen) atoms. The number of hydrogen-bond donors (Lipinski definition) is 2. The van der Waals surface area contributed by atoms with Gasteiger partial charge in [-0.2, -0.15) is 0 Å². The first-order valence-corrected chi connectivity index (χ1v) is 5.66. The van der Waals surface area contributed by atoms with E-state index in [0.717, 1.165) is 15.7 Å². The zero-order valence-electron chi connectivity index (χ0n) is 7.66. The standard InChI is InChI=1S/C9H12IN3O/c10-6-3-8-9(14)12-4-7(1-2-11)13(8)5-6/h3,5,7H,1-2,4,11H2,(H,12,14)/t7-/m0/s1. The highest BCUT2D eigenvalue weighted by molar-refractivity contribution is 14.1. The fourth-order valence-electron chi connectivity index (χ4n) is 1.76. The Balaban J connectivity index is 2.36. The van der Waals surface area contributed by atoms with E-state index in [1.165, 1.54) is 0 Å². The van der Waals surface area contributed by atoms with Crippen molar-refractivity contribution in [3.05, 3.63) is 21.5 Å². The first-order chi connectivity index (χ1) is 6.72. The molecule has 0 fully saturated rings. The van der Waals surface area contributed by atoms with Gasteiger partial charge in [0, 0.05) is 16.3 Å². The van der Waals surface area contributed by atoms with Gasteiger partial charge in [-0.1, -0.05) is 0 Å². The normalized spacial score (nSPS) is 20.4. The van der Waals surface area contributed by atoms with Gasteiger partial charge in [-0.05, 0) is 41.6 Å². The van der Waals surface area contributed by atoms with Crippen LogP contribution >= 0.6 is 22.6 Å². The fourth-order valence-corrected chi connectivity index (χ4v) is 2.36. The van der Waals surface area contributed by atoms with E-state index >= 15 is 0 Å². The minimum atomic E-state index is 0.0150. The molecule has 0 unspecified atom stereocenters. The lowest BCUT2D eigenvalue weighted by Crippen LogP contribution is -2.39. The topological polar surface area (TPSA) is 60.0 Å². The molecule has 5 heteroatoms. The second-order valence-corrected chi connectivity index (χ2v) is 4.64. The molecule has 1 aromatic heterocycles. The van der Waals surface area contributed by atoms with Crippen molar-refractivity contribution in [1.82, 2.24) is 9.88 Å². The lowest BCUT2D eigenvalue weighted by atomic mass is 10.1. The highest BCUT2D eigenvalue weighted by atomic mass is 127. The number of carbonyl (C=O) groups excluding carboxylic acids is 1. The Labute approximate surface area is 96.0 Å². The van der Waals surface area contributed by atoms with Gasteiger partial charge in [0.25, 0.3) is 5.91 Å². The SMILES string of the molecule is NCC[C@H]1CNC(=O)c2cc(I)cn21. The summed E-state index contributed by atoms with van der Waals surface area (Å²) in [6.07, 6.45) is 2.91. The van der Waals surface area contributed by atoms with Crippen LogP contribution in [0.3, 0.4) is 0 Å². The van der Waals surface area contributed by atoms with Crippen molar-refractivity contribution in [2.45, 2.75) is 12.5 Å². The van der Waals surface area contributed by atoms with E-state index in [2.05, 4.69) is 27.9 Å². The summed E-state index contributed by atoms with van der Waals surface area (Å²) < 4.78 is 3.13. The number of carbonyl (C=O) groups is 1. The maximum Gasteiger partial charge on any atom is 0.268 e. The van der Waals surface area contributed by atoms with Crippen LogP contribution in [0.4, 0.5) is 0 Å². The molecule has 3 N–H and O–H groups in total. The smallest absolute Gasteiger partial charge is 0.268 e. The molecule has 0 saturated carbocycles.